The van der Waals surface area contributed by atoms with E-state index in [9.17, 15) is 10.5 Å². The van der Waals surface area contributed by atoms with Crippen LogP contribution in [0.4, 0.5) is 0 Å². The van der Waals surface area contributed by atoms with E-state index in [1.54, 1.807) is 0 Å². The minimum absolute atomic E-state index is 0.249. The average molecular weight is 284 g/mol. The van der Waals surface area contributed by atoms with Gasteiger partial charge in [0.2, 0.25) is 0 Å². The lowest BCUT2D eigenvalue weighted by atomic mass is 9.53. The van der Waals surface area contributed by atoms with E-state index in [1.165, 1.54) is 22.3 Å². The lowest BCUT2D eigenvalue weighted by Crippen LogP contribution is -2.39. The monoisotopic (exact) mass is 284 g/mol. The number of hydrogen-bond acceptors (Lipinski definition) is 2. The number of nitrogens with zero attached hydrogens (tertiary/aromatic N) is 2. The van der Waals surface area contributed by atoms with Gasteiger partial charge in [0.05, 0.1) is 12.1 Å². The minimum atomic E-state index is 0.249. The van der Waals surface area contributed by atoms with Gasteiger partial charge in [-0.05, 0) is 34.1 Å². The molecular weight excluding hydrogens is 268 g/mol. The van der Waals surface area contributed by atoms with Crippen LogP contribution in [0.15, 0.2) is 48.5 Å². The molecule has 5 rings (SSSR count). The van der Waals surface area contributed by atoms with Crippen LogP contribution in [0.5, 0.6) is 0 Å². The van der Waals surface area contributed by atoms with Crippen LogP contribution in [0.3, 0.4) is 0 Å². The molecule has 2 aromatic carbocycles. The lowest BCUT2D eigenvalue weighted by Gasteiger charge is -2.49. The van der Waals surface area contributed by atoms with Gasteiger partial charge < -0.3 is 0 Å². The summed E-state index contributed by atoms with van der Waals surface area (Å²) in [5.74, 6) is 1.02. The summed E-state index contributed by atoms with van der Waals surface area (Å²) >= 11 is 0. The predicted octanol–water partition coefficient (Wildman–Crippen LogP) is 4.34. The van der Waals surface area contributed by atoms with Crippen molar-refractivity contribution in [1.29, 1.82) is 10.5 Å². The van der Waals surface area contributed by atoms with Gasteiger partial charge in [0, 0.05) is 24.7 Å². The third kappa shape index (κ3) is 1.65. The van der Waals surface area contributed by atoms with Crippen molar-refractivity contribution >= 4 is 0 Å². The molecule has 0 aromatic heterocycles. The zero-order valence-electron chi connectivity index (χ0n) is 12.2. The summed E-state index contributed by atoms with van der Waals surface area (Å²) in [6.45, 7) is 0. The molecule has 2 bridgehead atoms. The second-order valence-electron chi connectivity index (χ2n) is 6.27. The predicted molar refractivity (Wildman–Crippen MR) is 84.0 cm³/mol. The molecule has 0 spiro atoms. The average Bonchev–Trinajstić information content (AvgIpc) is 2.57. The smallest absolute Gasteiger partial charge is 0.0625 e. The molecule has 2 nitrogen and oxygen atoms in total. The molecule has 0 aliphatic heterocycles. The van der Waals surface area contributed by atoms with E-state index in [-0.39, 0.29) is 23.7 Å². The van der Waals surface area contributed by atoms with Crippen molar-refractivity contribution in [1.82, 2.24) is 0 Å². The van der Waals surface area contributed by atoms with Crippen molar-refractivity contribution in [3.63, 3.8) is 0 Å². The Morgan fingerprint density at radius 3 is 1.23 bits per heavy atom. The molecule has 3 aliphatic carbocycles. The summed E-state index contributed by atoms with van der Waals surface area (Å²) in [7, 11) is 0. The maximum absolute atomic E-state index is 9.30. The van der Waals surface area contributed by atoms with Crippen LogP contribution in [-0.4, -0.2) is 0 Å². The fourth-order valence-electron chi connectivity index (χ4n) is 4.66. The summed E-state index contributed by atoms with van der Waals surface area (Å²) in [5, 5.41) is 18.6. The zero-order chi connectivity index (χ0) is 15.1. The zero-order valence-corrected chi connectivity index (χ0v) is 12.2. The van der Waals surface area contributed by atoms with E-state index < -0.39 is 0 Å². The molecule has 0 unspecified atom stereocenters. The van der Waals surface area contributed by atoms with Gasteiger partial charge in [0.1, 0.15) is 0 Å². The SMILES string of the molecule is N#CC[C@@H]1C2c3ccccc3C(c3ccccc32)[C@H]1CC#N. The van der Waals surface area contributed by atoms with Crippen molar-refractivity contribution in [3.05, 3.63) is 70.8 Å². The Kier molecular flexibility index (Phi) is 2.98. The molecule has 2 atom stereocenters. The van der Waals surface area contributed by atoms with E-state index in [1.807, 2.05) is 0 Å². The summed E-state index contributed by atoms with van der Waals surface area (Å²) < 4.78 is 0. The van der Waals surface area contributed by atoms with E-state index in [0.29, 0.717) is 12.8 Å². The Balaban J connectivity index is 1.98. The van der Waals surface area contributed by atoms with E-state index >= 15 is 0 Å². The maximum atomic E-state index is 9.30. The molecule has 0 amide bonds. The van der Waals surface area contributed by atoms with Crippen molar-refractivity contribution in [2.24, 2.45) is 11.8 Å². The number of rotatable bonds is 2. The fraction of sp³-hybridized carbons (Fsp3) is 0.300. The van der Waals surface area contributed by atoms with Crippen LogP contribution in [0, 0.1) is 34.5 Å². The van der Waals surface area contributed by atoms with E-state index in [0.717, 1.165) is 0 Å². The Bertz CT molecular complexity index is 693. The van der Waals surface area contributed by atoms with Gasteiger partial charge in [0.25, 0.3) is 0 Å². The molecule has 106 valence electrons. The molecule has 0 saturated carbocycles. The largest absolute Gasteiger partial charge is 0.198 e. The Labute approximate surface area is 130 Å². The first-order valence-corrected chi connectivity index (χ1v) is 7.78. The molecule has 0 N–H and O–H groups in total. The van der Waals surface area contributed by atoms with Crippen LogP contribution in [0.1, 0.15) is 46.9 Å². The highest BCUT2D eigenvalue weighted by Crippen LogP contribution is 2.59. The maximum Gasteiger partial charge on any atom is 0.0625 e. The first-order chi connectivity index (χ1) is 10.9. The third-order valence-electron chi connectivity index (χ3n) is 5.39. The Hall–Kier alpha value is -2.58. The van der Waals surface area contributed by atoms with E-state index in [4.69, 9.17) is 0 Å². The summed E-state index contributed by atoms with van der Waals surface area (Å²) in [5.41, 5.74) is 5.45. The van der Waals surface area contributed by atoms with Crippen molar-refractivity contribution in [2.75, 3.05) is 0 Å². The van der Waals surface area contributed by atoms with E-state index in [2.05, 4.69) is 60.7 Å². The summed E-state index contributed by atoms with van der Waals surface area (Å²) in [6, 6.07) is 21.9. The van der Waals surface area contributed by atoms with Gasteiger partial charge in [-0.1, -0.05) is 48.5 Å². The van der Waals surface area contributed by atoms with Gasteiger partial charge in [-0.3, -0.25) is 0 Å². The highest BCUT2D eigenvalue weighted by Gasteiger charge is 2.48. The second kappa shape index (κ2) is 5.00. The van der Waals surface area contributed by atoms with Crippen molar-refractivity contribution in [2.45, 2.75) is 24.7 Å². The number of benzene rings is 2. The standard InChI is InChI=1S/C20H16N2/c21-11-9-17-18(10-12-22)20-14-6-2-1-5-13(14)19(17)15-7-3-4-8-16(15)20/h1-8,17-20H,9-10H2/t17-,18-,19?,20?/m0/s1. The molecule has 0 radical (unpaired) electrons. The third-order valence-corrected chi connectivity index (χ3v) is 5.39. The molecule has 22 heavy (non-hydrogen) atoms. The van der Waals surface area contributed by atoms with Crippen LogP contribution < -0.4 is 0 Å². The topological polar surface area (TPSA) is 47.6 Å². The summed E-state index contributed by atoms with van der Waals surface area (Å²) in [6.07, 6.45) is 1.05. The molecule has 0 fully saturated rings. The first-order valence-electron chi connectivity index (χ1n) is 7.78. The molecule has 2 heteroatoms. The fourth-order valence-corrected chi connectivity index (χ4v) is 4.66. The quantitative estimate of drug-likeness (QED) is 0.823. The normalized spacial score (nSPS) is 27.4. The van der Waals surface area contributed by atoms with Gasteiger partial charge >= 0.3 is 0 Å². The highest BCUT2D eigenvalue weighted by molar-refractivity contribution is 5.56. The lowest BCUT2D eigenvalue weighted by molar-refractivity contribution is 0.237. The number of hydrogen-bond donors (Lipinski definition) is 0. The van der Waals surface area contributed by atoms with Crippen LogP contribution in [-0.2, 0) is 0 Å². The first kappa shape index (κ1) is 13.1. The molecule has 3 aliphatic rings. The van der Waals surface area contributed by atoms with Crippen LogP contribution >= 0.6 is 0 Å². The van der Waals surface area contributed by atoms with Gasteiger partial charge in [-0.15, -0.1) is 0 Å². The second-order valence-corrected chi connectivity index (χ2v) is 6.27. The molecule has 2 aromatic rings. The van der Waals surface area contributed by atoms with Gasteiger partial charge in [0.15, 0.2) is 0 Å². The summed E-state index contributed by atoms with van der Waals surface area (Å²) in [4.78, 5) is 0. The Morgan fingerprint density at radius 2 is 0.955 bits per heavy atom. The van der Waals surface area contributed by atoms with Crippen molar-refractivity contribution in [3.8, 4) is 12.1 Å². The van der Waals surface area contributed by atoms with Crippen LogP contribution in [0.25, 0.3) is 0 Å². The number of nitriles is 2. The highest BCUT2D eigenvalue weighted by atomic mass is 14.5. The molecule has 0 saturated heterocycles. The van der Waals surface area contributed by atoms with Crippen molar-refractivity contribution < 1.29 is 0 Å². The van der Waals surface area contributed by atoms with Crippen LogP contribution in [0.2, 0.25) is 0 Å². The molecular formula is C20H16N2. The minimum Gasteiger partial charge on any atom is -0.198 e. The Morgan fingerprint density at radius 1 is 0.636 bits per heavy atom. The van der Waals surface area contributed by atoms with Gasteiger partial charge in [-0.25, -0.2) is 0 Å². The van der Waals surface area contributed by atoms with Gasteiger partial charge in [-0.2, -0.15) is 10.5 Å². The molecule has 0 heterocycles. The number of fused-ring (bicyclic) bond motifs is 1.